The van der Waals surface area contributed by atoms with Crippen LogP contribution in [0.4, 0.5) is 0 Å². The molecule has 5 heteroatoms. The van der Waals surface area contributed by atoms with Crippen LogP contribution in [0.2, 0.25) is 0 Å². The number of aromatic nitrogens is 1. The molecule has 0 spiro atoms. The summed E-state index contributed by atoms with van der Waals surface area (Å²) in [5.41, 5.74) is 2.22. The summed E-state index contributed by atoms with van der Waals surface area (Å²) in [4.78, 5) is 15.8. The van der Waals surface area contributed by atoms with Crippen LogP contribution in [0.3, 0.4) is 0 Å². The quantitative estimate of drug-likeness (QED) is 0.740. The fourth-order valence-electron chi connectivity index (χ4n) is 3.06. The van der Waals surface area contributed by atoms with Crippen LogP contribution >= 0.6 is 11.3 Å². The molecule has 0 saturated carbocycles. The zero-order valence-electron chi connectivity index (χ0n) is 12.8. The highest BCUT2D eigenvalue weighted by molar-refractivity contribution is 7.13. The maximum atomic E-state index is 12.7. The van der Waals surface area contributed by atoms with Crippen LogP contribution < -0.4 is 0 Å². The molecule has 1 aromatic carbocycles. The molecule has 0 radical (unpaired) electrons. The lowest BCUT2D eigenvalue weighted by Gasteiger charge is -2.27. The highest BCUT2D eigenvalue weighted by atomic mass is 32.1. The van der Waals surface area contributed by atoms with Crippen LogP contribution in [-0.2, 0) is 16.1 Å². The van der Waals surface area contributed by atoms with Crippen molar-refractivity contribution in [3.8, 4) is 10.6 Å². The maximum Gasteiger partial charge on any atom is 0.242 e. The van der Waals surface area contributed by atoms with Crippen molar-refractivity contribution in [3.63, 3.8) is 0 Å². The first-order valence-corrected chi connectivity index (χ1v) is 8.68. The van der Waals surface area contributed by atoms with Crippen molar-refractivity contribution in [1.82, 2.24) is 9.47 Å². The van der Waals surface area contributed by atoms with E-state index in [9.17, 15) is 4.79 Å². The molecule has 0 N–H and O–H groups in total. The number of hydrogen-bond acceptors (Lipinski definition) is 3. The average Bonchev–Trinajstić information content (AvgIpc) is 3.24. The number of hydrogen-bond donors (Lipinski definition) is 0. The summed E-state index contributed by atoms with van der Waals surface area (Å²) in [6.07, 6.45) is 0. The van der Waals surface area contributed by atoms with Crippen LogP contribution in [-0.4, -0.2) is 41.7 Å². The molecule has 1 aliphatic heterocycles. The first-order chi connectivity index (χ1) is 11.3. The molecule has 1 amide bonds. The minimum atomic E-state index is 0.160. The Bertz CT molecular complexity index is 817. The molecule has 1 saturated heterocycles. The second kappa shape index (κ2) is 6.18. The molecule has 0 unspecified atom stereocenters. The number of nitrogens with zero attached hydrogens (tertiary/aromatic N) is 2. The zero-order valence-corrected chi connectivity index (χ0v) is 13.6. The van der Waals surface area contributed by atoms with Crippen molar-refractivity contribution in [1.29, 1.82) is 0 Å². The number of fused-ring (bicyclic) bond motifs is 1. The van der Waals surface area contributed by atoms with Gasteiger partial charge in [0.05, 0.1) is 23.8 Å². The number of benzene rings is 1. The number of para-hydroxylation sites is 1. The van der Waals surface area contributed by atoms with E-state index in [-0.39, 0.29) is 5.91 Å². The van der Waals surface area contributed by atoms with Gasteiger partial charge in [-0.25, -0.2) is 0 Å². The van der Waals surface area contributed by atoms with Crippen LogP contribution in [0.5, 0.6) is 0 Å². The van der Waals surface area contributed by atoms with E-state index >= 15 is 0 Å². The van der Waals surface area contributed by atoms with Crippen LogP contribution in [0.25, 0.3) is 21.5 Å². The average molecular weight is 326 g/mol. The lowest BCUT2D eigenvalue weighted by Crippen LogP contribution is -2.42. The Morgan fingerprint density at radius 2 is 1.96 bits per heavy atom. The van der Waals surface area contributed by atoms with Gasteiger partial charge in [-0.15, -0.1) is 11.3 Å². The van der Waals surface area contributed by atoms with Crippen molar-refractivity contribution in [3.05, 3.63) is 47.8 Å². The molecule has 1 fully saturated rings. The molecule has 4 rings (SSSR count). The van der Waals surface area contributed by atoms with E-state index in [0.29, 0.717) is 32.8 Å². The molecule has 23 heavy (non-hydrogen) atoms. The number of amides is 1. The third kappa shape index (κ3) is 2.78. The number of ether oxygens (including phenoxy) is 1. The van der Waals surface area contributed by atoms with Gasteiger partial charge in [0.1, 0.15) is 6.54 Å². The molecule has 1 aliphatic rings. The van der Waals surface area contributed by atoms with Gasteiger partial charge >= 0.3 is 0 Å². The van der Waals surface area contributed by atoms with E-state index in [0.717, 1.165) is 11.2 Å². The predicted molar refractivity (Wildman–Crippen MR) is 92.7 cm³/mol. The number of carbonyl (C=O) groups is 1. The third-order valence-electron chi connectivity index (χ3n) is 4.24. The predicted octanol–water partition coefficient (Wildman–Crippen LogP) is 3.23. The van der Waals surface area contributed by atoms with Crippen molar-refractivity contribution in [2.45, 2.75) is 6.54 Å². The maximum absolute atomic E-state index is 12.7. The topological polar surface area (TPSA) is 34.5 Å². The molecule has 118 valence electrons. The minimum absolute atomic E-state index is 0.160. The van der Waals surface area contributed by atoms with E-state index in [1.165, 1.54) is 10.3 Å². The van der Waals surface area contributed by atoms with Crippen LogP contribution in [0.1, 0.15) is 0 Å². The van der Waals surface area contributed by atoms with E-state index < -0.39 is 0 Å². The standard InChI is InChI=1S/C18H18N2O2S/c21-18(19-7-9-22-10-8-19)13-20-15-5-2-1-4-14(15)12-16(20)17-6-3-11-23-17/h1-6,11-12H,7-10,13H2. The zero-order chi connectivity index (χ0) is 15.6. The van der Waals surface area contributed by atoms with Gasteiger partial charge in [-0.1, -0.05) is 24.3 Å². The number of carbonyl (C=O) groups excluding carboxylic acids is 1. The van der Waals surface area contributed by atoms with Gasteiger partial charge in [0, 0.05) is 24.0 Å². The van der Waals surface area contributed by atoms with Crippen molar-refractivity contribution >= 4 is 28.1 Å². The Kier molecular flexibility index (Phi) is 3.89. The second-order valence-corrected chi connectivity index (χ2v) is 6.59. The van der Waals surface area contributed by atoms with E-state index in [1.54, 1.807) is 11.3 Å². The van der Waals surface area contributed by atoms with Gasteiger partial charge in [-0.3, -0.25) is 4.79 Å². The highest BCUT2D eigenvalue weighted by Gasteiger charge is 2.20. The molecule has 2 aromatic heterocycles. The molecule has 0 bridgehead atoms. The molecule has 3 heterocycles. The van der Waals surface area contributed by atoms with E-state index in [1.807, 2.05) is 23.1 Å². The lowest BCUT2D eigenvalue weighted by atomic mass is 10.2. The molecule has 0 aliphatic carbocycles. The molecular weight excluding hydrogens is 308 g/mol. The van der Waals surface area contributed by atoms with Crippen molar-refractivity contribution in [2.24, 2.45) is 0 Å². The number of morpholine rings is 1. The first-order valence-electron chi connectivity index (χ1n) is 7.80. The van der Waals surface area contributed by atoms with Gasteiger partial charge in [0.2, 0.25) is 5.91 Å². The summed E-state index contributed by atoms with van der Waals surface area (Å²) in [5.74, 6) is 0.160. The Labute approximate surface area is 138 Å². The number of rotatable bonds is 3. The third-order valence-corrected chi connectivity index (χ3v) is 5.13. The van der Waals surface area contributed by atoms with Gasteiger partial charge in [0.25, 0.3) is 0 Å². The fraction of sp³-hybridized carbons (Fsp3) is 0.278. The summed E-state index contributed by atoms with van der Waals surface area (Å²) < 4.78 is 7.48. The van der Waals surface area contributed by atoms with Gasteiger partial charge in [-0.05, 0) is 23.6 Å². The summed E-state index contributed by atoms with van der Waals surface area (Å²) in [7, 11) is 0. The fourth-order valence-corrected chi connectivity index (χ4v) is 3.81. The van der Waals surface area contributed by atoms with Gasteiger partial charge in [0.15, 0.2) is 0 Å². The summed E-state index contributed by atoms with van der Waals surface area (Å²) in [6, 6.07) is 14.6. The second-order valence-electron chi connectivity index (χ2n) is 5.64. The molecule has 4 nitrogen and oxygen atoms in total. The Morgan fingerprint density at radius 1 is 1.13 bits per heavy atom. The highest BCUT2D eigenvalue weighted by Crippen LogP contribution is 2.31. The van der Waals surface area contributed by atoms with Gasteiger partial charge in [-0.2, -0.15) is 0 Å². The van der Waals surface area contributed by atoms with Crippen LogP contribution in [0.15, 0.2) is 47.8 Å². The Hall–Kier alpha value is -2.11. The number of thiophene rings is 1. The van der Waals surface area contributed by atoms with Crippen LogP contribution in [0, 0.1) is 0 Å². The molecular formula is C18H18N2O2S. The largest absolute Gasteiger partial charge is 0.378 e. The van der Waals surface area contributed by atoms with Crippen molar-refractivity contribution in [2.75, 3.05) is 26.3 Å². The summed E-state index contributed by atoms with van der Waals surface area (Å²) in [5, 5.41) is 3.24. The smallest absolute Gasteiger partial charge is 0.242 e. The summed E-state index contributed by atoms with van der Waals surface area (Å²) in [6.45, 7) is 3.02. The van der Waals surface area contributed by atoms with E-state index in [2.05, 4.69) is 34.2 Å². The first kappa shape index (κ1) is 14.5. The summed E-state index contributed by atoms with van der Waals surface area (Å²) >= 11 is 1.70. The van der Waals surface area contributed by atoms with Crippen molar-refractivity contribution < 1.29 is 9.53 Å². The van der Waals surface area contributed by atoms with Gasteiger partial charge < -0.3 is 14.2 Å². The Balaban J connectivity index is 1.72. The monoisotopic (exact) mass is 326 g/mol. The lowest BCUT2D eigenvalue weighted by molar-refractivity contribution is -0.135. The minimum Gasteiger partial charge on any atom is -0.378 e. The normalized spacial score (nSPS) is 15.2. The SMILES string of the molecule is O=C(Cn1c(-c2cccs2)cc2ccccc21)N1CCOCC1. The Morgan fingerprint density at radius 3 is 2.74 bits per heavy atom. The van der Waals surface area contributed by atoms with E-state index in [4.69, 9.17) is 4.74 Å². The molecule has 3 aromatic rings. The molecule has 0 atom stereocenters.